The molecule has 2 aromatic heterocycles. The maximum atomic E-state index is 17.6. The summed E-state index contributed by atoms with van der Waals surface area (Å²) < 4.78 is 48.4. The second-order valence-electron chi connectivity index (χ2n) is 18.2. The van der Waals surface area contributed by atoms with E-state index in [1.807, 2.05) is 42.9 Å². The summed E-state index contributed by atoms with van der Waals surface area (Å²) in [6.45, 7) is 6.04. The number of carbonyl (C=O) groups excluding carboxylic acids is 2. The van der Waals surface area contributed by atoms with Crippen molar-refractivity contribution in [3.05, 3.63) is 57.5 Å². The largest absolute Gasteiger partial charge is 0.444 e. The number of hydrogen-bond donors (Lipinski definition) is 0. The summed E-state index contributed by atoms with van der Waals surface area (Å²) in [4.78, 5) is 36.7. The van der Waals surface area contributed by atoms with Gasteiger partial charge in [-0.15, -0.1) is 11.8 Å². The Kier molecular flexibility index (Phi) is 9.11. The SMILES string of the molecule is CSc1nc2c(F)c(-c3cccc(Cl)c3Cl)c(CCC#N)cc2c2c1cc([C@H]1[C@H]3C[C@H](C[C@@H]3OC3CC3)N1C(=O)C1(F)CC1)n2[C@H]1[C@@H]2C[C@H]1N(C(=O)OC(C)(C)C)C2. The number of piperidine rings is 1. The Bertz CT molecular complexity index is 2460. The fourth-order valence-electron chi connectivity index (χ4n) is 10.5. The molecular formula is C44H45Cl2F2N5O4S. The van der Waals surface area contributed by atoms with Gasteiger partial charge in [0, 0.05) is 58.4 Å². The van der Waals surface area contributed by atoms with Gasteiger partial charge in [0.25, 0.3) is 5.91 Å². The predicted octanol–water partition coefficient (Wildman–Crippen LogP) is 10.4. The number of alkyl halides is 1. The lowest BCUT2D eigenvalue weighted by Gasteiger charge is -2.44. The number of halogens is 4. The van der Waals surface area contributed by atoms with Crippen LogP contribution in [0.4, 0.5) is 13.6 Å². The minimum absolute atomic E-state index is 0.0532. The number of aryl methyl sites for hydroxylation is 1. The van der Waals surface area contributed by atoms with Crippen molar-refractivity contribution in [2.24, 2.45) is 11.8 Å². The Labute approximate surface area is 350 Å². The standard InChI is InChI=1S/C44H45Cl2F2N5O4S/c1-43(2,3)57-42(55)51-20-22-16-30(51)37(22)53-31(39-26-17-23(18-32(26)56-24-10-11-24)52(39)41(54)44(48)12-13-44)19-28-38(53)27-15-21(7-6-14-49)33(25-8-5-9-29(45)34(25)46)35(47)36(27)50-40(28)58-4/h5,8-9,15,19,22-24,26,30,32,37,39H,6-7,10-13,16-18,20H2,1-4H3/t22-,23-,26+,30-,32+,37+,39-/m1/s1. The number of ether oxygens (including phenoxy) is 2. The summed E-state index contributed by atoms with van der Waals surface area (Å²) in [5.74, 6) is -1.05. The lowest BCUT2D eigenvalue weighted by atomic mass is 9.79. The second-order valence-corrected chi connectivity index (χ2v) is 19.8. The fourth-order valence-corrected chi connectivity index (χ4v) is 11.5. The van der Waals surface area contributed by atoms with Crippen molar-refractivity contribution in [2.45, 2.75) is 131 Å². The number of nitrogens with zero attached hydrogens (tertiary/aromatic N) is 5. The van der Waals surface area contributed by atoms with Crippen molar-refractivity contribution in [1.82, 2.24) is 19.4 Å². The Morgan fingerprint density at radius 3 is 2.59 bits per heavy atom. The number of fused-ring (bicyclic) bond motifs is 6. The lowest BCUT2D eigenvalue weighted by molar-refractivity contribution is -0.146. The van der Waals surface area contributed by atoms with Gasteiger partial charge in [-0.1, -0.05) is 35.3 Å². The second kappa shape index (κ2) is 13.7. The number of nitriles is 1. The van der Waals surface area contributed by atoms with Gasteiger partial charge < -0.3 is 23.8 Å². The Hall–Kier alpha value is -3.63. The van der Waals surface area contributed by atoms with Crippen LogP contribution in [0.25, 0.3) is 32.9 Å². The predicted molar refractivity (Wildman–Crippen MR) is 219 cm³/mol. The van der Waals surface area contributed by atoms with Crippen molar-refractivity contribution in [1.29, 1.82) is 5.26 Å². The van der Waals surface area contributed by atoms with Crippen LogP contribution in [0.15, 0.2) is 35.4 Å². The molecule has 2 aromatic carbocycles. The van der Waals surface area contributed by atoms with Gasteiger partial charge in [-0.25, -0.2) is 18.6 Å². The highest BCUT2D eigenvalue weighted by Gasteiger charge is 2.63. The third kappa shape index (κ3) is 6.03. The van der Waals surface area contributed by atoms with E-state index >= 15 is 8.78 Å². The average molecular weight is 849 g/mol. The summed E-state index contributed by atoms with van der Waals surface area (Å²) in [6, 6.07) is 10.2. The summed E-state index contributed by atoms with van der Waals surface area (Å²) in [6.07, 6.45) is 6.61. The third-order valence-corrected chi connectivity index (χ3v) is 14.8. The monoisotopic (exact) mass is 847 g/mol. The number of aromatic nitrogens is 2. The van der Waals surface area contributed by atoms with Crippen molar-refractivity contribution in [3.8, 4) is 17.2 Å². The first-order chi connectivity index (χ1) is 27.7. The molecule has 0 spiro atoms. The van der Waals surface area contributed by atoms with E-state index in [2.05, 4.69) is 16.7 Å². The van der Waals surface area contributed by atoms with E-state index in [9.17, 15) is 14.9 Å². The molecule has 7 fully saturated rings. The van der Waals surface area contributed by atoms with E-state index in [1.54, 1.807) is 18.2 Å². The molecule has 4 aromatic rings. The van der Waals surface area contributed by atoms with Crippen LogP contribution in [-0.2, 0) is 20.7 Å². The Morgan fingerprint density at radius 2 is 1.90 bits per heavy atom. The van der Waals surface area contributed by atoms with Gasteiger partial charge in [0.15, 0.2) is 11.5 Å². The molecule has 304 valence electrons. The quantitative estimate of drug-likeness (QED) is 0.155. The first-order valence-corrected chi connectivity index (χ1v) is 22.4. The van der Waals surface area contributed by atoms with E-state index in [-0.39, 0.29) is 95.1 Å². The van der Waals surface area contributed by atoms with Crippen LogP contribution in [0.5, 0.6) is 0 Å². The zero-order valence-electron chi connectivity index (χ0n) is 32.9. The number of thioether (sulfide) groups is 1. The van der Waals surface area contributed by atoms with E-state index in [1.165, 1.54) is 11.8 Å². The molecule has 4 saturated carbocycles. The first kappa shape index (κ1) is 38.6. The van der Waals surface area contributed by atoms with E-state index < -0.39 is 29.0 Å². The fraction of sp³-hybridized carbons (Fsp3) is 0.545. The first-order valence-electron chi connectivity index (χ1n) is 20.4. The summed E-state index contributed by atoms with van der Waals surface area (Å²) in [7, 11) is 0. The van der Waals surface area contributed by atoms with Gasteiger partial charge in [0.05, 0.1) is 52.0 Å². The van der Waals surface area contributed by atoms with Gasteiger partial charge in [0.2, 0.25) is 0 Å². The van der Waals surface area contributed by atoms with E-state index in [0.29, 0.717) is 40.9 Å². The number of carbonyl (C=O) groups is 2. The van der Waals surface area contributed by atoms with Crippen LogP contribution in [0.3, 0.4) is 0 Å². The van der Waals surface area contributed by atoms with Crippen LogP contribution in [-0.4, -0.2) is 79.7 Å². The van der Waals surface area contributed by atoms with Crippen molar-refractivity contribution in [2.75, 3.05) is 12.8 Å². The molecule has 3 aliphatic heterocycles. The number of benzene rings is 2. The number of hydrogen-bond acceptors (Lipinski definition) is 7. The molecule has 3 saturated heterocycles. The molecule has 0 N–H and O–H groups in total. The molecule has 11 rings (SSSR count). The number of likely N-dealkylation sites (tertiary alicyclic amines) is 1. The summed E-state index contributed by atoms with van der Waals surface area (Å²) >= 11 is 14.6. The van der Waals surface area contributed by atoms with E-state index in [4.69, 9.17) is 37.7 Å². The minimum Gasteiger partial charge on any atom is -0.444 e. The molecule has 4 bridgehead atoms. The lowest BCUT2D eigenvalue weighted by Crippen LogP contribution is -2.50. The minimum atomic E-state index is -1.87. The van der Waals surface area contributed by atoms with Gasteiger partial charge in [0.1, 0.15) is 16.1 Å². The molecule has 0 radical (unpaired) electrons. The van der Waals surface area contributed by atoms with Crippen LogP contribution >= 0.6 is 35.0 Å². The molecule has 4 aliphatic carbocycles. The highest BCUT2D eigenvalue weighted by atomic mass is 35.5. The molecule has 7 atom stereocenters. The molecule has 2 amide bonds. The molecular weight excluding hydrogens is 803 g/mol. The molecule has 5 heterocycles. The third-order valence-electron chi connectivity index (χ3n) is 13.3. The molecule has 9 nitrogen and oxygen atoms in total. The highest BCUT2D eigenvalue weighted by Crippen LogP contribution is 2.59. The molecule has 14 heteroatoms. The summed E-state index contributed by atoms with van der Waals surface area (Å²) in [5, 5.41) is 12.2. The summed E-state index contributed by atoms with van der Waals surface area (Å²) in [5.41, 5.74) is 0.398. The normalized spacial score (nSPS) is 28.0. The smallest absolute Gasteiger partial charge is 0.410 e. The van der Waals surface area contributed by atoms with Crippen LogP contribution < -0.4 is 0 Å². The zero-order chi connectivity index (χ0) is 40.6. The number of pyridine rings is 1. The average Bonchev–Trinajstić information content (AvgIpc) is 3.81. The van der Waals surface area contributed by atoms with Gasteiger partial charge in [-0.3, -0.25) is 4.79 Å². The topological polar surface area (TPSA) is 101 Å². The molecule has 7 aliphatic rings. The highest BCUT2D eigenvalue weighted by molar-refractivity contribution is 7.98. The van der Waals surface area contributed by atoms with Crippen LogP contribution in [0.2, 0.25) is 10.0 Å². The Balaban J connectivity index is 1.23. The van der Waals surface area contributed by atoms with Crippen molar-refractivity contribution in [3.63, 3.8) is 0 Å². The zero-order valence-corrected chi connectivity index (χ0v) is 35.2. The Morgan fingerprint density at radius 1 is 1.12 bits per heavy atom. The number of amides is 2. The van der Waals surface area contributed by atoms with Gasteiger partial charge in [-0.2, -0.15) is 5.26 Å². The van der Waals surface area contributed by atoms with Crippen LogP contribution in [0, 0.1) is 29.0 Å². The van der Waals surface area contributed by atoms with Crippen molar-refractivity contribution >= 4 is 68.8 Å². The van der Waals surface area contributed by atoms with Crippen molar-refractivity contribution < 1.29 is 27.8 Å². The van der Waals surface area contributed by atoms with Gasteiger partial charge in [-0.05, 0) is 102 Å². The van der Waals surface area contributed by atoms with Gasteiger partial charge >= 0.3 is 6.09 Å². The maximum absolute atomic E-state index is 17.6. The molecule has 58 heavy (non-hydrogen) atoms. The van der Waals surface area contributed by atoms with Crippen LogP contribution in [0.1, 0.15) is 95.5 Å². The molecule has 0 unspecified atom stereocenters. The van der Waals surface area contributed by atoms with E-state index in [0.717, 1.165) is 35.9 Å². The number of rotatable bonds is 9. The maximum Gasteiger partial charge on any atom is 0.410 e.